The third kappa shape index (κ3) is 2.56. The average Bonchev–Trinajstić information content (AvgIpc) is 2.75. The van der Waals surface area contributed by atoms with E-state index in [1.54, 1.807) is 7.05 Å². The van der Waals surface area contributed by atoms with Gasteiger partial charge in [0.25, 0.3) is 0 Å². The summed E-state index contributed by atoms with van der Waals surface area (Å²) in [6, 6.07) is 5.67. The molecule has 1 aliphatic heterocycles. The molecule has 1 fully saturated rings. The number of benzene rings is 1. The monoisotopic (exact) mass is 290 g/mol. The van der Waals surface area contributed by atoms with Crippen LogP contribution < -0.4 is 10.4 Å². The van der Waals surface area contributed by atoms with Crippen LogP contribution in [0.25, 0.3) is 5.69 Å². The van der Waals surface area contributed by atoms with E-state index >= 15 is 0 Å². The molecule has 0 bridgehead atoms. The van der Waals surface area contributed by atoms with Gasteiger partial charge in [-0.2, -0.15) is 9.36 Å². The normalized spacial score (nSPS) is 16.5. The molecule has 1 saturated heterocycles. The largest absolute Gasteiger partial charge is 0.491 e. The van der Waals surface area contributed by atoms with Crippen molar-refractivity contribution in [3.8, 4) is 11.4 Å². The van der Waals surface area contributed by atoms with E-state index in [1.165, 1.54) is 9.36 Å². The van der Waals surface area contributed by atoms with Crippen molar-refractivity contribution in [1.82, 2.24) is 19.8 Å². The van der Waals surface area contributed by atoms with Gasteiger partial charge in [-0.15, -0.1) is 0 Å². The quantitative estimate of drug-likeness (QED) is 0.828. The molecule has 1 aromatic heterocycles. The lowest BCUT2D eigenvalue weighted by molar-refractivity contribution is -0.120. The van der Waals surface area contributed by atoms with Crippen LogP contribution in [0, 0.1) is 12.3 Å². The number of aromatic nitrogens is 4. The van der Waals surface area contributed by atoms with Gasteiger partial charge in [0.2, 0.25) is 0 Å². The summed E-state index contributed by atoms with van der Waals surface area (Å²) in [7, 11) is 1.56. The second-order valence-electron chi connectivity index (χ2n) is 5.86. The standard InChI is InChI=1S/C14H18N4O3/c1-10-4-5-12(21-9-14(2)7-20-8-14)11(6-10)18-13(19)17(3)15-16-18/h4-6H,7-9H2,1-3H3. The summed E-state index contributed by atoms with van der Waals surface area (Å²) in [5.74, 6) is 0.622. The highest BCUT2D eigenvalue weighted by Gasteiger charge is 2.34. The fourth-order valence-corrected chi connectivity index (χ4v) is 2.17. The Morgan fingerprint density at radius 1 is 1.38 bits per heavy atom. The lowest BCUT2D eigenvalue weighted by Gasteiger charge is -2.37. The molecule has 1 aliphatic rings. The molecule has 0 atom stereocenters. The van der Waals surface area contributed by atoms with Crippen molar-refractivity contribution >= 4 is 0 Å². The van der Waals surface area contributed by atoms with E-state index in [4.69, 9.17) is 9.47 Å². The maximum absolute atomic E-state index is 12.0. The highest BCUT2D eigenvalue weighted by atomic mass is 16.5. The van der Waals surface area contributed by atoms with E-state index in [0.717, 1.165) is 5.56 Å². The van der Waals surface area contributed by atoms with Gasteiger partial charge in [-0.3, -0.25) is 0 Å². The molecule has 0 saturated carbocycles. The van der Waals surface area contributed by atoms with Crippen LogP contribution in [0.4, 0.5) is 0 Å². The number of hydrogen-bond acceptors (Lipinski definition) is 5. The van der Waals surface area contributed by atoms with Gasteiger partial charge < -0.3 is 9.47 Å². The Labute approximate surface area is 122 Å². The summed E-state index contributed by atoms with van der Waals surface area (Å²) in [6.45, 7) is 5.99. The molecule has 0 unspecified atom stereocenters. The highest BCUT2D eigenvalue weighted by Crippen LogP contribution is 2.29. The van der Waals surface area contributed by atoms with Crippen LogP contribution in [0.1, 0.15) is 12.5 Å². The molecule has 1 aromatic carbocycles. The van der Waals surface area contributed by atoms with Crippen LogP contribution in [0.2, 0.25) is 0 Å². The summed E-state index contributed by atoms with van der Waals surface area (Å²) in [5, 5.41) is 7.62. The van der Waals surface area contributed by atoms with E-state index in [1.807, 2.05) is 25.1 Å². The van der Waals surface area contributed by atoms with Gasteiger partial charge in [-0.25, -0.2) is 4.79 Å². The average molecular weight is 290 g/mol. The van der Waals surface area contributed by atoms with Crippen LogP contribution >= 0.6 is 0 Å². The lowest BCUT2D eigenvalue weighted by Crippen LogP contribution is -2.44. The van der Waals surface area contributed by atoms with E-state index in [2.05, 4.69) is 17.4 Å². The maximum atomic E-state index is 12.0. The summed E-state index contributed by atoms with van der Waals surface area (Å²) in [6.07, 6.45) is 0. The van der Waals surface area contributed by atoms with Crippen LogP contribution in [-0.2, 0) is 11.8 Å². The van der Waals surface area contributed by atoms with Crippen molar-refractivity contribution in [2.24, 2.45) is 12.5 Å². The Morgan fingerprint density at radius 2 is 2.14 bits per heavy atom. The molecule has 112 valence electrons. The predicted octanol–water partition coefficient (Wildman–Crippen LogP) is 0.690. The Balaban J connectivity index is 1.93. The maximum Gasteiger partial charge on any atom is 0.368 e. The number of rotatable bonds is 4. The zero-order chi connectivity index (χ0) is 15.0. The third-order valence-corrected chi connectivity index (χ3v) is 3.54. The van der Waals surface area contributed by atoms with Crippen molar-refractivity contribution in [3.63, 3.8) is 0 Å². The third-order valence-electron chi connectivity index (χ3n) is 3.54. The Hall–Kier alpha value is -2.15. The summed E-state index contributed by atoms with van der Waals surface area (Å²) < 4.78 is 13.6. The first-order valence-corrected chi connectivity index (χ1v) is 6.79. The minimum atomic E-state index is -0.302. The number of aryl methyl sites for hydroxylation is 2. The second-order valence-corrected chi connectivity index (χ2v) is 5.86. The van der Waals surface area contributed by atoms with Gasteiger partial charge in [0.05, 0.1) is 19.8 Å². The van der Waals surface area contributed by atoms with E-state index in [-0.39, 0.29) is 11.1 Å². The molecule has 3 rings (SSSR count). The van der Waals surface area contributed by atoms with Crippen LogP contribution in [0.3, 0.4) is 0 Å². The molecule has 7 nitrogen and oxygen atoms in total. The molecule has 21 heavy (non-hydrogen) atoms. The first-order chi connectivity index (χ1) is 9.98. The molecule has 2 heterocycles. The zero-order valence-corrected chi connectivity index (χ0v) is 12.4. The fourth-order valence-electron chi connectivity index (χ4n) is 2.17. The van der Waals surface area contributed by atoms with Crippen molar-refractivity contribution in [2.75, 3.05) is 19.8 Å². The van der Waals surface area contributed by atoms with Gasteiger partial charge in [0, 0.05) is 12.5 Å². The highest BCUT2D eigenvalue weighted by molar-refractivity contribution is 5.48. The Kier molecular flexibility index (Phi) is 3.29. The van der Waals surface area contributed by atoms with Gasteiger partial charge in [-0.1, -0.05) is 13.0 Å². The van der Waals surface area contributed by atoms with Gasteiger partial charge in [-0.05, 0) is 35.0 Å². The predicted molar refractivity (Wildman–Crippen MR) is 75.8 cm³/mol. The number of hydrogen-bond donors (Lipinski definition) is 0. The van der Waals surface area contributed by atoms with E-state index in [9.17, 15) is 4.79 Å². The summed E-state index contributed by atoms with van der Waals surface area (Å²) >= 11 is 0. The molecule has 7 heteroatoms. The van der Waals surface area contributed by atoms with Crippen molar-refractivity contribution in [2.45, 2.75) is 13.8 Å². The second kappa shape index (κ2) is 5.00. The zero-order valence-electron chi connectivity index (χ0n) is 12.4. The summed E-state index contributed by atoms with van der Waals surface area (Å²) in [5.41, 5.74) is 1.36. The first kappa shape index (κ1) is 13.8. The molecule has 0 aliphatic carbocycles. The SMILES string of the molecule is Cc1ccc(OCC2(C)COC2)c(-n2nnn(C)c2=O)c1. The van der Waals surface area contributed by atoms with Crippen molar-refractivity contribution < 1.29 is 9.47 Å². The molecular weight excluding hydrogens is 272 g/mol. The smallest absolute Gasteiger partial charge is 0.368 e. The Bertz CT molecular complexity index is 715. The number of nitrogens with zero attached hydrogens (tertiary/aromatic N) is 4. The van der Waals surface area contributed by atoms with Gasteiger partial charge in [0.15, 0.2) is 0 Å². The molecule has 0 spiro atoms. The van der Waals surface area contributed by atoms with Crippen molar-refractivity contribution in [1.29, 1.82) is 0 Å². The van der Waals surface area contributed by atoms with Crippen LogP contribution in [0.15, 0.2) is 23.0 Å². The van der Waals surface area contributed by atoms with Crippen LogP contribution in [0.5, 0.6) is 5.75 Å². The molecular formula is C14H18N4O3. The van der Waals surface area contributed by atoms with E-state index in [0.29, 0.717) is 31.3 Å². The number of tetrazole rings is 1. The van der Waals surface area contributed by atoms with Crippen molar-refractivity contribution in [3.05, 3.63) is 34.2 Å². The molecule has 2 aromatic rings. The molecule has 0 N–H and O–H groups in total. The topological polar surface area (TPSA) is 71.2 Å². The minimum absolute atomic E-state index is 0.0372. The van der Waals surface area contributed by atoms with E-state index < -0.39 is 0 Å². The molecule has 0 radical (unpaired) electrons. The van der Waals surface area contributed by atoms with Gasteiger partial charge >= 0.3 is 5.69 Å². The molecule has 0 amide bonds. The number of ether oxygens (including phenoxy) is 2. The first-order valence-electron chi connectivity index (χ1n) is 6.79. The van der Waals surface area contributed by atoms with Crippen LogP contribution in [-0.4, -0.2) is 39.6 Å². The Morgan fingerprint density at radius 3 is 2.71 bits per heavy atom. The fraction of sp³-hybridized carbons (Fsp3) is 0.500. The lowest BCUT2D eigenvalue weighted by atomic mass is 9.90. The van der Waals surface area contributed by atoms with Gasteiger partial charge in [0.1, 0.15) is 11.4 Å². The minimum Gasteiger partial charge on any atom is -0.491 e. The summed E-state index contributed by atoms with van der Waals surface area (Å²) in [4.78, 5) is 12.0.